The highest BCUT2D eigenvalue weighted by Crippen LogP contribution is 2.28. The standard InChI is InChI=1S/C16H17N3O2/c20-19(21)16-6-2-1-5-15(16)17-13-7-9-14(10-8-13)18-11-3-4-12-18/h1-2,5-10,17H,3-4,11-12H2. The second kappa shape index (κ2) is 5.83. The molecule has 0 atom stereocenters. The maximum absolute atomic E-state index is 11.0. The highest BCUT2D eigenvalue weighted by molar-refractivity contribution is 5.70. The zero-order valence-electron chi connectivity index (χ0n) is 11.7. The van der Waals surface area contributed by atoms with Crippen molar-refractivity contribution in [2.75, 3.05) is 23.3 Å². The van der Waals surface area contributed by atoms with Gasteiger partial charge in [-0.05, 0) is 43.2 Å². The lowest BCUT2D eigenvalue weighted by Gasteiger charge is -2.18. The molecule has 3 rings (SSSR count). The van der Waals surface area contributed by atoms with Crippen LogP contribution in [-0.2, 0) is 0 Å². The van der Waals surface area contributed by atoms with Gasteiger partial charge < -0.3 is 10.2 Å². The monoisotopic (exact) mass is 283 g/mol. The molecular formula is C16H17N3O2. The molecule has 1 aliphatic rings. The topological polar surface area (TPSA) is 58.4 Å². The van der Waals surface area contributed by atoms with E-state index in [2.05, 4.69) is 22.3 Å². The zero-order chi connectivity index (χ0) is 14.7. The predicted octanol–water partition coefficient (Wildman–Crippen LogP) is 3.94. The van der Waals surface area contributed by atoms with Crippen molar-refractivity contribution in [3.63, 3.8) is 0 Å². The molecule has 0 aliphatic carbocycles. The Kier molecular flexibility index (Phi) is 3.73. The molecule has 5 nitrogen and oxygen atoms in total. The van der Waals surface area contributed by atoms with Crippen molar-refractivity contribution in [3.05, 3.63) is 58.6 Å². The van der Waals surface area contributed by atoms with Gasteiger partial charge in [0.2, 0.25) is 0 Å². The van der Waals surface area contributed by atoms with Crippen LogP contribution in [0.4, 0.5) is 22.7 Å². The van der Waals surface area contributed by atoms with Gasteiger partial charge in [-0.3, -0.25) is 10.1 Å². The first kappa shape index (κ1) is 13.4. The summed E-state index contributed by atoms with van der Waals surface area (Å²) in [4.78, 5) is 13.0. The number of nitrogens with zero attached hydrogens (tertiary/aromatic N) is 2. The lowest BCUT2D eigenvalue weighted by atomic mass is 10.2. The van der Waals surface area contributed by atoms with Gasteiger partial charge in [0.25, 0.3) is 5.69 Å². The Morgan fingerprint density at radius 3 is 2.33 bits per heavy atom. The van der Waals surface area contributed by atoms with Crippen LogP contribution in [0.15, 0.2) is 48.5 Å². The Morgan fingerprint density at radius 1 is 1.00 bits per heavy atom. The van der Waals surface area contributed by atoms with Gasteiger partial charge in [0, 0.05) is 30.5 Å². The van der Waals surface area contributed by atoms with Crippen molar-refractivity contribution >= 4 is 22.7 Å². The summed E-state index contributed by atoms with van der Waals surface area (Å²) in [6.07, 6.45) is 2.49. The van der Waals surface area contributed by atoms with Crippen LogP contribution >= 0.6 is 0 Å². The molecule has 1 saturated heterocycles. The van der Waals surface area contributed by atoms with Gasteiger partial charge in [0.15, 0.2) is 0 Å². The Balaban J connectivity index is 1.77. The minimum absolute atomic E-state index is 0.0844. The smallest absolute Gasteiger partial charge is 0.292 e. The molecule has 1 aliphatic heterocycles. The molecule has 0 amide bonds. The van der Waals surface area contributed by atoms with E-state index in [9.17, 15) is 10.1 Å². The van der Waals surface area contributed by atoms with E-state index < -0.39 is 0 Å². The van der Waals surface area contributed by atoms with Crippen molar-refractivity contribution in [2.24, 2.45) is 0 Å². The van der Waals surface area contributed by atoms with E-state index in [4.69, 9.17) is 0 Å². The molecule has 1 heterocycles. The minimum atomic E-state index is -0.374. The van der Waals surface area contributed by atoms with Crippen LogP contribution in [-0.4, -0.2) is 18.0 Å². The Labute approximate surface area is 123 Å². The summed E-state index contributed by atoms with van der Waals surface area (Å²) < 4.78 is 0. The number of anilines is 3. The molecule has 0 aromatic heterocycles. The van der Waals surface area contributed by atoms with Crippen LogP contribution in [0.1, 0.15) is 12.8 Å². The number of nitrogens with one attached hydrogen (secondary N) is 1. The fourth-order valence-corrected chi connectivity index (χ4v) is 2.62. The fourth-order valence-electron chi connectivity index (χ4n) is 2.62. The summed E-state index contributed by atoms with van der Waals surface area (Å²) >= 11 is 0. The van der Waals surface area contributed by atoms with Gasteiger partial charge in [-0.2, -0.15) is 0 Å². The van der Waals surface area contributed by atoms with Crippen LogP contribution in [0.25, 0.3) is 0 Å². The van der Waals surface area contributed by atoms with Crippen molar-refractivity contribution in [2.45, 2.75) is 12.8 Å². The number of nitro groups is 1. The van der Waals surface area contributed by atoms with E-state index in [1.807, 2.05) is 12.1 Å². The van der Waals surface area contributed by atoms with Crippen molar-refractivity contribution < 1.29 is 4.92 Å². The number of nitro benzene ring substituents is 1. The third-order valence-corrected chi connectivity index (χ3v) is 3.72. The molecule has 1 N–H and O–H groups in total. The molecule has 0 unspecified atom stereocenters. The molecule has 0 saturated carbocycles. The number of hydrogen-bond donors (Lipinski definition) is 1. The van der Waals surface area contributed by atoms with Crippen LogP contribution in [0.2, 0.25) is 0 Å². The Hall–Kier alpha value is -2.56. The second-order valence-electron chi connectivity index (χ2n) is 5.14. The van der Waals surface area contributed by atoms with E-state index in [0.717, 1.165) is 18.8 Å². The van der Waals surface area contributed by atoms with E-state index >= 15 is 0 Å². The first-order valence-electron chi connectivity index (χ1n) is 7.09. The molecule has 2 aromatic rings. The normalized spacial score (nSPS) is 14.2. The molecule has 108 valence electrons. The van der Waals surface area contributed by atoms with E-state index in [0.29, 0.717) is 5.69 Å². The van der Waals surface area contributed by atoms with Gasteiger partial charge in [-0.15, -0.1) is 0 Å². The molecule has 0 radical (unpaired) electrons. The predicted molar refractivity (Wildman–Crippen MR) is 84.3 cm³/mol. The van der Waals surface area contributed by atoms with E-state index in [1.54, 1.807) is 18.2 Å². The van der Waals surface area contributed by atoms with Crippen LogP contribution in [0.3, 0.4) is 0 Å². The minimum Gasteiger partial charge on any atom is -0.372 e. The Morgan fingerprint density at radius 2 is 1.67 bits per heavy atom. The third-order valence-electron chi connectivity index (χ3n) is 3.72. The molecule has 5 heteroatoms. The van der Waals surface area contributed by atoms with Crippen LogP contribution in [0.5, 0.6) is 0 Å². The number of rotatable bonds is 4. The maximum atomic E-state index is 11.0. The van der Waals surface area contributed by atoms with E-state index in [1.165, 1.54) is 24.6 Å². The molecule has 0 spiro atoms. The molecule has 2 aromatic carbocycles. The lowest BCUT2D eigenvalue weighted by molar-refractivity contribution is -0.383. The number of benzene rings is 2. The van der Waals surface area contributed by atoms with Crippen molar-refractivity contribution in [1.82, 2.24) is 0 Å². The quantitative estimate of drug-likeness (QED) is 0.682. The summed E-state index contributed by atoms with van der Waals surface area (Å²) in [6.45, 7) is 2.22. The van der Waals surface area contributed by atoms with Gasteiger partial charge in [-0.25, -0.2) is 0 Å². The highest BCUT2D eigenvalue weighted by atomic mass is 16.6. The van der Waals surface area contributed by atoms with Gasteiger partial charge in [0.1, 0.15) is 5.69 Å². The van der Waals surface area contributed by atoms with E-state index in [-0.39, 0.29) is 10.6 Å². The second-order valence-corrected chi connectivity index (χ2v) is 5.14. The average molecular weight is 283 g/mol. The zero-order valence-corrected chi connectivity index (χ0v) is 11.7. The van der Waals surface area contributed by atoms with Crippen LogP contribution in [0, 0.1) is 10.1 Å². The SMILES string of the molecule is O=[N+]([O-])c1ccccc1Nc1ccc(N2CCCC2)cc1. The molecule has 0 bridgehead atoms. The molecule has 1 fully saturated rings. The Bertz CT molecular complexity index is 634. The van der Waals surface area contributed by atoms with Crippen molar-refractivity contribution in [3.8, 4) is 0 Å². The first-order chi connectivity index (χ1) is 10.2. The molecular weight excluding hydrogens is 266 g/mol. The lowest BCUT2D eigenvalue weighted by Crippen LogP contribution is -2.17. The summed E-state index contributed by atoms with van der Waals surface area (Å²) in [5, 5.41) is 14.1. The first-order valence-corrected chi connectivity index (χ1v) is 7.09. The summed E-state index contributed by atoms with van der Waals surface area (Å²) in [5.41, 5.74) is 2.66. The van der Waals surface area contributed by atoms with Crippen molar-refractivity contribution in [1.29, 1.82) is 0 Å². The summed E-state index contributed by atoms with van der Waals surface area (Å²) in [5.74, 6) is 0. The van der Waals surface area contributed by atoms with Gasteiger partial charge in [0.05, 0.1) is 4.92 Å². The summed E-state index contributed by atoms with van der Waals surface area (Å²) in [6, 6.07) is 14.7. The largest absolute Gasteiger partial charge is 0.372 e. The number of hydrogen-bond acceptors (Lipinski definition) is 4. The van der Waals surface area contributed by atoms with Crippen LogP contribution < -0.4 is 10.2 Å². The average Bonchev–Trinajstić information content (AvgIpc) is 3.03. The fraction of sp³-hybridized carbons (Fsp3) is 0.250. The maximum Gasteiger partial charge on any atom is 0.292 e. The van der Waals surface area contributed by atoms with Gasteiger partial charge >= 0.3 is 0 Å². The molecule has 21 heavy (non-hydrogen) atoms. The summed E-state index contributed by atoms with van der Waals surface area (Å²) in [7, 11) is 0. The third kappa shape index (κ3) is 2.97. The van der Waals surface area contributed by atoms with Gasteiger partial charge in [-0.1, -0.05) is 12.1 Å². The highest BCUT2D eigenvalue weighted by Gasteiger charge is 2.14. The number of para-hydroxylation sites is 2.